The first-order valence-electron chi connectivity index (χ1n) is 9.24. The van der Waals surface area contributed by atoms with E-state index >= 15 is 0 Å². The number of hydrogen-bond donors (Lipinski definition) is 0. The highest BCUT2D eigenvalue weighted by Crippen LogP contribution is 2.25. The molecule has 0 saturated carbocycles. The third kappa shape index (κ3) is 3.88. The summed E-state index contributed by atoms with van der Waals surface area (Å²) < 4.78 is 7.88. The van der Waals surface area contributed by atoms with Crippen molar-refractivity contribution in [2.75, 3.05) is 0 Å². The van der Waals surface area contributed by atoms with Crippen LogP contribution >= 0.6 is 0 Å². The molecule has 5 heteroatoms. The van der Waals surface area contributed by atoms with Crippen LogP contribution in [0.5, 0.6) is 0 Å². The summed E-state index contributed by atoms with van der Waals surface area (Å²) in [5.74, 6) is 0. The standard InChI is InChI=1S/C19H35NO2Si2/c1-19(2,3)22-18(21)20-16(23(4,5)6)14-12-10-11-13-15(14)17(20)24(7,8)9/h10-13H2,1-9H3. The Morgan fingerprint density at radius 2 is 1.25 bits per heavy atom. The Hall–Kier alpha value is -0.816. The van der Waals surface area contributed by atoms with Gasteiger partial charge in [0, 0.05) is 10.6 Å². The number of aromatic nitrogens is 1. The number of carbonyl (C=O) groups is 1. The molecule has 136 valence electrons. The summed E-state index contributed by atoms with van der Waals surface area (Å²) in [5, 5.41) is 2.65. The summed E-state index contributed by atoms with van der Waals surface area (Å²) in [5.41, 5.74) is 2.52. The topological polar surface area (TPSA) is 31.2 Å². The van der Waals surface area contributed by atoms with Gasteiger partial charge in [-0.15, -0.1) is 0 Å². The maximum absolute atomic E-state index is 13.2. The predicted octanol–water partition coefficient (Wildman–Crippen LogP) is 4.24. The molecule has 1 aliphatic rings. The van der Waals surface area contributed by atoms with Crippen molar-refractivity contribution in [1.82, 2.24) is 4.57 Å². The Kier molecular flexibility index (Phi) is 5.01. The van der Waals surface area contributed by atoms with Gasteiger partial charge in [0.05, 0.1) is 16.1 Å². The van der Waals surface area contributed by atoms with Crippen LogP contribution in [0.3, 0.4) is 0 Å². The van der Waals surface area contributed by atoms with E-state index in [9.17, 15) is 4.79 Å². The lowest BCUT2D eigenvalue weighted by Crippen LogP contribution is -2.54. The maximum atomic E-state index is 13.2. The van der Waals surface area contributed by atoms with Gasteiger partial charge in [0.2, 0.25) is 0 Å². The van der Waals surface area contributed by atoms with E-state index in [0.717, 1.165) is 12.8 Å². The first-order valence-corrected chi connectivity index (χ1v) is 16.2. The third-order valence-corrected chi connectivity index (χ3v) is 8.38. The number of ether oxygens (including phenoxy) is 1. The van der Waals surface area contributed by atoms with E-state index in [4.69, 9.17) is 4.74 Å². The molecule has 0 amide bonds. The summed E-state index contributed by atoms with van der Waals surface area (Å²) in [4.78, 5) is 13.2. The van der Waals surface area contributed by atoms with Crippen LogP contribution in [-0.2, 0) is 17.6 Å². The fourth-order valence-electron chi connectivity index (χ4n) is 3.88. The quantitative estimate of drug-likeness (QED) is 0.734. The molecule has 1 aromatic rings. The Bertz CT molecular complexity index is 599. The van der Waals surface area contributed by atoms with E-state index < -0.39 is 21.7 Å². The molecule has 1 heterocycles. The van der Waals surface area contributed by atoms with Crippen molar-refractivity contribution in [3.8, 4) is 0 Å². The zero-order valence-corrected chi connectivity index (χ0v) is 19.1. The first kappa shape index (κ1) is 19.5. The van der Waals surface area contributed by atoms with E-state index in [2.05, 4.69) is 39.3 Å². The SMILES string of the molecule is CC(C)(C)OC(=O)n1c([Si](C)(C)C)c2c(c1[Si](C)(C)C)CCCC2. The summed E-state index contributed by atoms with van der Waals surface area (Å²) in [6.45, 7) is 20.0. The van der Waals surface area contributed by atoms with Gasteiger partial charge in [-0.2, -0.15) is 0 Å². The highest BCUT2D eigenvalue weighted by Gasteiger charge is 2.39. The van der Waals surface area contributed by atoms with Crippen LogP contribution in [0.25, 0.3) is 0 Å². The van der Waals surface area contributed by atoms with Crippen LogP contribution in [0.15, 0.2) is 0 Å². The molecule has 0 N–H and O–H groups in total. The average Bonchev–Trinajstić information content (AvgIpc) is 2.70. The van der Waals surface area contributed by atoms with Crippen molar-refractivity contribution in [2.45, 2.75) is 91.3 Å². The van der Waals surface area contributed by atoms with Crippen molar-refractivity contribution < 1.29 is 9.53 Å². The maximum Gasteiger partial charge on any atom is 0.418 e. The lowest BCUT2D eigenvalue weighted by molar-refractivity contribution is 0.0546. The summed E-state index contributed by atoms with van der Waals surface area (Å²) >= 11 is 0. The van der Waals surface area contributed by atoms with E-state index in [1.807, 2.05) is 25.3 Å². The number of nitrogens with zero attached hydrogens (tertiary/aromatic N) is 1. The Balaban J connectivity index is 2.79. The van der Waals surface area contributed by atoms with Crippen molar-refractivity contribution >= 4 is 32.9 Å². The van der Waals surface area contributed by atoms with Gasteiger partial charge in [-0.25, -0.2) is 4.79 Å². The van der Waals surface area contributed by atoms with E-state index in [-0.39, 0.29) is 6.09 Å². The molecular weight excluding hydrogens is 330 g/mol. The van der Waals surface area contributed by atoms with Gasteiger partial charge in [-0.05, 0) is 57.6 Å². The molecule has 0 aromatic carbocycles. The lowest BCUT2D eigenvalue weighted by atomic mass is 9.96. The van der Waals surface area contributed by atoms with E-state index in [1.165, 1.54) is 34.6 Å². The number of carbonyl (C=O) groups excluding carboxylic acids is 1. The molecule has 0 atom stereocenters. The molecule has 0 spiro atoms. The third-order valence-electron chi connectivity index (χ3n) is 4.48. The van der Waals surface area contributed by atoms with Crippen molar-refractivity contribution in [2.24, 2.45) is 0 Å². The predicted molar refractivity (Wildman–Crippen MR) is 109 cm³/mol. The molecule has 1 aliphatic carbocycles. The Labute approximate surface area is 149 Å². The molecule has 0 fully saturated rings. The number of fused-ring (bicyclic) bond motifs is 1. The van der Waals surface area contributed by atoms with Crippen molar-refractivity contribution in [3.05, 3.63) is 11.1 Å². The number of rotatable bonds is 2. The summed E-state index contributed by atoms with van der Waals surface area (Å²) in [6.07, 6.45) is 4.58. The van der Waals surface area contributed by atoms with Crippen LogP contribution < -0.4 is 10.6 Å². The Morgan fingerprint density at radius 3 is 1.54 bits per heavy atom. The second-order valence-electron chi connectivity index (χ2n) is 10.2. The van der Waals surface area contributed by atoms with Crippen molar-refractivity contribution in [1.29, 1.82) is 0 Å². The molecule has 0 saturated heterocycles. The average molecular weight is 366 g/mol. The van der Waals surface area contributed by atoms with E-state index in [1.54, 1.807) is 0 Å². The largest absolute Gasteiger partial charge is 0.443 e. The van der Waals surface area contributed by atoms with Crippen LogP contribution in [0, 0.1) is 0 Å². The molecule has 1 aromatic heterocycles. The summed E-state index contributed by atoms with van der Waals surface area (Å²) in [6, 6.07) is 0. The fraction of sp³-hybridized carbons (Fsp3) is 0.737. The zero-order chi connectivity index (χ0) is 18.5. The van der Waals surface area contributed by atoms with E-state index in [0.29, 0.717) is 0 Å². The normalized spacial score (nSPS) is 16.0. The lowest BCUT2D eigenvalue weighted by Gasteiger charge is -2.28. The van der Waals surface area contributed by atoms with Crippen LogP contribution in [0.1, 0.15) is 44.7 Å². The van der Waals surface area contributed by atoms with Gasteiger partial charge < -0.3 is 4.74 Å². The van der Waals surface area contributed by atoms with Crippen LogP contribution in [0.2, 0.25) is 39.3 Å². The minimum atomic E-state index is -1.67. The number of hydrogen-bond acceptors (Lipinski definition) is 2. The van der Waals surface area contributed by atoms with Gasteiger partial charge in [0.1, 0.15) is 5.60 Å². The second-order valence-corrected chi connectivity index (χ2v) is 20.1. The van der Waals surface area contributed by atoms with Gasteiger partial charge in [0.15, 0.2) is 0 Å². The zero-order valence-electron chi connectivity index (χ0n) is 17.1. The molecule has 0 bridgehead atoms. The highest BCUT2D eigenvalue weighted by atomic mass is 28.3. The van der Waals surface area contributed by atoms with Crippen molar-refractivity contribution in [3.63, 3.8) is 0 Å². The molecule has 3 nitrogen and oxygen atoms in total. The van der Waals surface area contributed by atoms with Gasteiger partial charge in [0.25, 0.3) is 0 Å². The minimum absolute atomic E-state index is 0.160. The van der Waals surface area contributed by atoms with Crippen LogP contribution in [0.4, 0.5) is 4.79 Å². The van der Waals surface area contributed by atoms with Crippen LogP contribution in [-0.4, -0.2) is 32.4 Å². The smallest absolute Gasteiger partial charge is 0.418 e. The Morgan fingerprint density at radius 1 is 0.875 bits per heavy atom. The fourth-order valence-corrected chi connectivity index (χ4v) is 8.10. The van der Waals surface area contributed by atoms with Gasteiger partial charge >= 0.3 is 6.09 Å². The minimum Gasteiger partial charge on any atom is -0.443 e. The van der Waals surface area contributed by atoms with Gasteiger partial charge in [-0.1, -0.05) is 39.3 Å². The van der Waals surface area contributed by atoms with Gasteiger partial charge in [-0.3, -0.25) is 4.57 Å². The monoisotopic (exact) mass is 365 g/mol. The first-order chi connectivity index (χ1) is 10.7. The molecule has 2 rings (SSSR count). The molecule has 0 radical (unpaired) electrons. The molecular formula is C19H35NO2Si2. The second kappa shape index (κ2) is 6.17. The molecule has 0 unspecified atom stereocenters. The summed E-state index contributed by atoms with van der Waals surface area (Å²) in [7, 11) is -3.34. The highest BCUT2D eigenvalue weighted by molar-refractivity contribution is 6.91. The molecule has 24 heavy (non-hydrogen) atoms. The molecule has 0 aliphatic heterocycles.